The minimum absolute atomic E-state index is 0.0501. The summed E-state index contributed by atoms with van der Waals surface area (Å²) in [6, 6.07) is 10.7. The van der Waals surface area contributed by atoms with Gasteiger partial charge in [-0.2, -0.15) is 10.5 Å². The van der Waals surface area contributed by atoms with E-state index in [0.717, 1.165) is 0 Å². The third kappa shape index (κ3) is 5.03. The van der Waals surface area contributed by atoms with Gasteiger partial charge in [-0.3, -0.25) is 0 Å². The molecule has 0 fully saturated rings. The van der Waals surface area contributed by atoms with E-state index in [4.69, 9.17) is 14.7 Å². The van der Waals surface area contributed by atoms with Gasteiger partial charge in [-0.05, 0) is 45.4 Å². The van der Waals surface area contributed by atoms with E-state index >= 15 is 0 Å². The summed E-state index contributed by atoms with van der Waals surface area (Å²) in [6.45, 7) is 6.89. The lowest BCUT2D eigenvalue weighted by molar-refractivity contribution is -0.143. The second kappa shape index (κ2) is 9.57. The average molecular weight is 393 g/mol. The predicted molar refractivity (Wildman–Crippen MR) is 105 cm³/mol. The van der Waals surface area contributed by atoms with E-state index < -0.39 is 17.9 Å². The van der Waals surface area contributed by atoms with Crippen molar-refractivity contribution in [3.05, 3.63) is 57.9 Å². The number of benzene rings is 1. The van der Waals surface area contributed by atoms with Gasteiger partial charge in [0.05, 0.1) is 47.3 Å². The molecule has 1 atom stereocenters. The van der Waals surface area contributed by atoms with Crippen LogP contribution in [-0.2, 0) is 19.1 Å². The zero-order valence-corrected chi connectivity index (χ0v) is 16.9. The molecule has 0 aromatic heterocycles. The van der Waals surface area contributed by atoms with E-state index in [0.29, 0.717) is 22.5 Å². The van der Waals surface area contributed by atoms with Crippen molar-refractivity contribution in [1.82, 2.24) is 5.32 Å². The number of carbonyl (C=O) groups excluding carboxylic acids is 2. The molecule has 0 saturated heterocycles. The van der Waals surface area contributed by atoms with E-state index in [1.54, 1.807) is 52.0 Å². The van der Waals surface area contributed by atoms with Gasteiger partial charge in [0, 0.05) is 11.4 Å². The average Bonchev–Trinajstić information content (AvgIpc) is 2.66. The first-order chi connectivity index (χ1) is 13.8. The summed E-state index contributed by atoms with van der Waals surface area (Å²) in [4.78, 5) is 25.7. The van der Waals surface area contributed by atoms with Gasteiger partial charge >= 0.3 is 11.9 Å². The summed E-state index contributed by atoms with van der Waals surface area (Å²) in [5, 5.41) is 21.0. The molecule has 0 bridgehead atoms. The molecule has 0 amide bonds. The van der Waals surface area contributed by atoms with Gasteiger partial charge in [0.1, 0.15) is 6.61 Å². The molecule has 1 aromatic carbocycles. The van der Waals surface area contributed by atoms with Gasteiger partial charge in [0.15, 0.2) is 0 Å². The van der Waals surface area contributed by atoms with Crippen molar-refractivity contribution in [2.45, 2.75) is 46.1 Å². The summed E-state index contributed by atoms with van der Waals surface area (Å²) in [7, 11) is 0. The maximum atomic E-state index is 12.9. The number of esters is 2. The first-order valence-electron chi connectivity index (χ1n) is 9.23. The molecular formula is C22H23N3O4. The van der Waals surface area contributed by atoms with Crippen molar-refractivity contribution in [3.8, 4) is 12.1 Å². The SMILES string of the molecule is CC1=C(C(=O)OCCC#N)C(c2cccc(C#N)c2)C(C(=O)OC(C)C)=C(C)N1. The van der Waals surface area contributed by atoms with Crippen LogP contribution in [0, 0.1) is 22.7 Å². The summed E-state index contributed by atoms with van der Waals surface area (Å²) < 4.78 is 10.7. The molecule has 1 aliphatic heterocycles. The number of nitrogens with zero attached hydrogens (tertiary/aromatic N) is 2. The van der Waals surface area contributed by atoms with Gasteiger partial charge in [0.2, 0.25) is 0 Å². The van der Waals surface area contributed by atoms with Crippen molar-refractivity contribution in [2.24, 2.45) is 0 Å². The Morgan fingerprint density at radius 2 is 1.79 bits per heavy atom. The monoisotopic (exact) mass is 393 g/mol. The number of hydrogen-bond acceptors (Lipinski definition) is 7. The summed E-state index contributed by atoms with van der Waals surface area (Å²) in [5.41, 5.74) is 2.65. The summed E-state index contributed by atoms with van der Waals surface area (Å²) in [5.74, 6) is -1.93. The molecule has 0 aliphatic carbocycles. The lowest BCUT2D eigenvalue weighted by Crippen LogP contribution is -2.33. The summed E-state index contributed by atoms with van der Waals surface area (Å²) >= 11 is 0. The van der Waals surface area contributed by atoms with Crippen LogP contribution in [0.3, 0.4) is 0 Å². The van der Waals surface area contributed by atoms with E-state index in [2.05, 4.69) is 11.4 Å². The Morgan fingerprint density at radius 3 is 2.38 bits per heavy atom. The quantitative estimate of drug-likeness (QED) is 0.583. The normalized spacial score (nSPS) is 16.0. The van der Waals surface area contributed by atoms with Gasteiger partial charge < -0.3 is 14.8 Å². The van der Waals surface area contributed by atoms with Crippen LogP contribution in [0.25, 0.3) is 0 Å². The van der Waals surface area contributed by atoms with Crippen molar-refractivity contribution in [2.75, 3.05) is 6.61 Å². The van der Waals surface area contributed by atoms with Crippen molar-refractivity contribution >= 4 is 11.9 Å². The highest BCUT2D eigenvalue weighted by Crippen LogP contribution is 2.39. The van der Waals surface area contributed by atoms with E-state index in [1.165, 1.54) is 0 Å². The highest BCUT2D eigenvalue weighted by molar-refractivity contribution is 6.00. The van der Waals surface area contributed by atoms with Crippen molar-refractivity contribution < 1.29 is 19.1 Å². The number of ether oxygens (including phenoxy) is 2. The lowest BCUT2D eigenvalue weighted by Gasteiger charge is -2.31. The largest absolute Gasteiger partial charge is 0.461 e. The molecule has 0 saturated carbocycles. The smallest absolute Gasteiger partial charge is 0.337 e. The second-order valence-electron chi connectivity index (χ2n) is 6.87. The first-order valence-corrected chi connectivity index (χ1v) is 9.23. The fourth-order valence-corrected chi connectivity index (χ4v) is 3.20. The summed E-state index contributed by atoms with van der Waals surface area (Å²) in [6.07, 6.45) is -0.274. The van der Waals surface area contributed by atoms with Crippen molar-refractivity contribution in [3.63, 3.8) is 0 Å². The van der Waals surface area contributed by atoms with Crippen LogP contribution in [0.15, 0.2) is 46.8 Å². The number of carbonyl (C=O) groups is 2. The zero-order chi connectivity index (χ0) is 21.6. The predicted octanol–water partition coefficient (Wildman–Crippen LogP) is 3.20. The number of rotatable bonds is 6. The molecule has 1 heterocycles. The third-order valence-electron chi connectivity index (χ3n) is 4.34. The van der Waals surface area contributed by atoms with Crippen LogP contribution in [0.4, 0.5) is 0 Å². The van der Waals surface area contributed by atoms with Crippen LogP contribution in [0.5, 0.6) is 0 Å². The maximum Gasteiger partial charge on any atom is 0.337 e. The topological polar surface area (TPSA) is 112 Å². The highest BCUT2D eigenvalue weighted by atomic mass is 16.5. The van der Waals surface area contributed by atoms with E-state index in [9.17, 15) is 14.9 Å². The molecular weight excluding hydrogens is 370 g/mol. The molecule has 7 heteroatoms. The number of allylic oxidation sites excluding steroid dienone is 2. The number of dihydropyridines is 1. The molecule has 0 spiro atoms. The Labute approximate surface area is 170 Å². The maximum absolute atomic E-state index is 12.9. The fraction of sp³-hybridized carbons (Fsp3) is 0.364. The van der Waals surface area contributed by atoms with Crippen LogP contribution in [0.1, 0.15) is 51.2 Å². The Hall–Kier alpha value is -3.58. The molecule has 1 N–H and O–H groups in total. The Balaban J connectivity index is 2.60. The van der Waals surface area contributed by atoms with Crippen LogP contribution < -0.4 is 5.32 Å². The molecule has 1 aliphatic rings. The number of nitriles is 2. The van der Waals surface area contributed by atoms with Gasteiger partial charge in [-0.15, -0.1) is 0 Å². The van der Waals surface area contributed by atoms with Crippen LogP contribution in [-0.4, -0.2) is 24.6 Å². The highest BCUT2D eigenvalue weighted by Gasteiger charge is 2.38. The Morgan fingerprint density at radius 1 is 1.14 bits per heavy atom. The van der Waals surface area contributed by atoms with Gasteiger partial charge in [0.25, 0.3) is 0 Å². The van der Waals surface area contributed by atoms with Crippen molar-refractivity contribution in [1.29, 1.82) is 10.5 Å². The van der Waals surface area contributed by atoms with E-state index in [1.807, 2.05) is 6.07 Å². The molecule has 1 unspecified atom stereocenters. The van der Waals surface area contributed by atoms with Gasteiger partial charge in [-0.1, -0.05) is 12.1 Å². The number of nitrogens with one attached hydrogen (secondary N) is 1. The van der Waals surface area contributed by atoms with E-state index in [-0.39, 0.29) is 30.3 Å². The molecule has 150 valence electrons. The first kappa shape index (κ1) is 21.7. The Bertz CT molecular complexity index is 961. The molecule has 1 aromatic rings. The molecule has 2 rings (SSSR count). The molecule has 0 radical (unpaired) electrons. The van der Waals surface area contributed by atoms with Crippen LogP contribution >= 0.6 is 0 Å². The minimum Gasteiger partial charge on any atom is -0.461 e. The van der Waals surface area contributed by atoms with Gasteiger partial charge in [-0.25, -0.2) is 9.59 Å². The zero-order valence-electron chi connectivity index (χ0n) is 16.9. The Kier molecular flexibility index (Phi) is 7.16. The fourth-order valence-electron chi connectivity index (χ4n) is 3.20. The standard InChI is InChI=1S/C22H23N3O4/c1-13(2)29-22(27)19-15(4)25-14(3)18(21(26)28-10-6-9-23)20(19)17-8-5-7-16(11-17)12-24/h5,7-8,11,13,20,25H,6,10H2,1-4H3. The lowest BCUT2D eigenvalue weighted by atomic mass is 9.80. The molecule has 7 nitrogen and oxygen atoms in total. The van der Waals surface area contributed by atoms with Crippen LogP contribution in [0.2, 0.25) is 0 Å². The second-order valence-corrected chi connectivity index (χ2v) is 6.87. The third-order valence-corrected chi connectivity index (χ3v) is 4.34. The number of hydrogen-bond donors (Lipinski definition) is 1. The molecule has 29 heavy (non-hydrogen) atoms. The minimum atomic E-state index is -0.759.